The lowest BCUT2D eigenvalue weighted by Gasteiger charge is -2.30. The third kappa shape index (κ3) is 6.24. The number of rotatable bonds is 10. The molecule has 1 heterocycles. The largest absolute Gasteiger partial charge is 0.341 e. The Morgan fingerprint density at radius 3 is 2.38 bits per heavy atom. The summed E-state index contributed by atoms with van der Waals surface area (Å²) in [5, 5.41) is 1.08. The number of benzene rings is 2. The summed E-state index contributed by atoms with van der Waals surface area (Å²) in [5.41, 5.74) is 0.974. The molecule has 182 valence electrons. The average Bonchev–Trinajstić information content (AvgIpc) is 2.80. The highest BCUT2D eigenvalue weighted by Gasteiger charge is 2.18. The fraction of sp³-hybridized carbons (Fsp3) is 0.423. The number of amides is 1. The van der Waals surface area contributed by atoms with Gasteiger partial charge in [0.05, 0.1) is 16.7 Å². The molecule has 0 unspecified atom stereocenters. The SMILES string of the molecule is CC(C)N(CCn1c(SCC(=O)N(C)Cc2ccccc2F)nc2ccccc2c1=O)C(C)C. The predicted molar refractivity (Wildman–Crippen MR) is 137 cm³/mol. The molecule has 0 saturated heterocycles. The maximum absolute atomic E-state index is 14.0. The van der Waals surface area contributed by atoms with Crippen molar-refractivity contribution in [3.05, 3.63) is 70.3 Å². The molecule has 0 fully saturated rings. The first-order valence-electron chi connectivity index (χ1n) is 11.5. The van der Waals surface area contributed by atoms with Gasteiger partial charge in [-0.2, -0.15) is 0 Å². The Labute approximate surface area is 204 Å². The number of thioether (sulfide) groups is 1. The van der Waals surface area contributed by atoms with Crippen LogP contribution in [0.25, 0.3) is 10.9 Å². The van der Waals surface area contributed by atoms with Crippen LogP contribution >= 0.6 is 11.8 Å². The minimum Gasteiger partial charge on any atom is -0.341 e. The summed E-state index contributed by atoms with van der Waals surface area (Å²) in [6, 6.07) is 14.4. The van der Waals surface area contributed by atoms with Crippen LogP contribution in [-0.2, 0) is 17.9 Å². The van der Waals surface area contributed by atoms with Gasteiger partial charge in [-0.25, -0.2) is 9.37 Å². The number of halogens is 1. The van der Waals surface area contributed by atoms with E-state index in [-0.39, 0.29) is 29.6 Å². The van der Waals surface area contributed by atoms with E-state index in [1.807, 2.05) is 18.2 Å². The summed E-state index contributed by atoms with van der Waals surface area (Å²) in [7, 11) is 1.65. The van der Waals surface area contributed by atoms with Crippen molar-refractivity contribution in [3.63, 3.8) is 0 Å². The molecule has 3 rings (SSSR count). The molecule has 0 spiro atoms. The Balaban J connectivity index is 1.81. The van der Waals surface area contributed by atoms with Crippen molar-refractivity contribution in [1.82, 2.24) is 19.4 Å². The summed E-state index contributed by atoms with van der Waals surface area (Å²) < 4.78 is 15.7. The van der Waals surface area contributed by atoms with E-state index in [0.29, 0.717) is 46.8 Å². The lowest BCUT2D eigenvalue weighted by Crippen LogP contribution is -2.40. The van der Waals surface area contributed by atoms with Crippen LogP contribution in [0, 0.1) is 5.82 Å². The first-order valence-corrected chi connectivity index (χ1v) is 12.5. The Bertz CT molecular complexity index is 1190. The minimum absolute atomic E-state index is 0.104. The van der Waals surface area contributed by atoms with E-state index in [9.17, 15) is 14.0 Å². The minimum atomic E-state index is -0.334. The Kier molecular flexibility index (Phi) is 8.85. The van der Waals surface area contributed by atoms with E-state index >= 15 is 0 Å². The summed E-state index contributed by atoms with van der Waals surface area (Å²) >= 11 is 1.24. The summed E-state index contributed by atoms with van der Waals surface area (Å²) in [6.07, 6.45) is 0. The molecule has 1 amide bonds. The van der Waals surface area contributed by atoms with Gasteiger partial charge in [-0.05, 0) is 45.9 Å². The highest BCUT2D eigenvalue weighted by atomic mass is 32.2. The van der Waals surface area contributed by atoms with Gasteiger partial charge in [-0.15, -0.1) is 0 Å². The zero-order chi connectivity index (χ0) is 24.8. The molecule has 0 aliphatic rings. The molecule has 8 heteroatoms. The quantitative estimate of drug-likeness (QED) is 0.315. The monoisotopic (exact) mass is 484 g/mol. The highest BCUT2D eigenvalue weighted by Crippen LogP contribution is 2.19. The zero-order valence-electron chi connectivity index (χ0n) is 20.5. The number of aromatic nitrogens is 2. The van der Waals surface area contributed by atoms with E-state index in [2.05, 4.69) is 32.6 Å². The molecule has 6 nitrogen and oxygen atoms in total. The van der Waals surface area contributed by atoms with Crippen molar-refractivity contribution < 1.29 is 9.18 Å². The summed E-state index contributed by atoms with van der Waals surface area (Å²) in [6.45, 7) is 9.92. The molecular weight excluding hydrogens is 451 g/mol. The van der Waals surface area contributed by atoms with Gasteiger partial charge < -0.3 is 4.90 Å². The molecule has 0 aliphatic heterocycles. The van der Waals surface area contributed by atoms with Crippen molar-refractivity contribution >= 4 is 28.6 Å². The number of carbonyl (C=O) groups excluding carboxylic acids is 1. The normalized spacial score (nSPS) is 11.7. The van der Waals surface area contributed by atoms with Gasteiger partial charge in [0.2, 0.25) is 5.91 Å². The number of fused-ring (bicyclic) bond motifs is 1. The van der Waals surface area contributed by atoms with Crippen LogP contribution < -0.4 is 5.56 Å². The number of carbonyl (C=O) groups is 1. The molecular formula is C26H33FN4O2S. The molecule has 0 radical (unpaired) electrons. The Morgan fingerprint density at radius 2 is 1.71 bits per heavy atom. The molecule has 1 aromatic heterocycles. The van der Waals surface area contributed by atoms with E-state index in [4.69, 9.17) is 4.98 Å². The fourth-order valence-corrected chi connectivity index (χ4v) is 4.96. The third-order valence-corrected chi connectivity index (χ3v) is 6.81. The van der Waals surface area contributed by atoms with Crippen LogP contribution in [-0.4, -0.2) is 56.7 Å². The Hall–Kier alpha value is -2.71. The van der Waals surface area contributed by atoms with Gasteiger partial charge in [-0.3, -0.25) is 19.1 Å². The zero-order valence-corrected chi connectivity index (χ0v) is 21.3. The molecule has 34 heavy (non-hydrogen) atoms. The number of hydrogen-bond donors (Lipinski definition) is 0. The van der Waals surface area contributed by atoms with Crippen molar-refractivity contribution in [1.29, 1.82) is 0 Å². The average molecular weight is 485 g/mol. The van der Waals surface area contributed by atoms with Crippen molar-refractivity contribution in [2.45, 2.75) is 58.0 Å². The van der Waals surface area contributed by atoms with Crippen molar-refractivity contribution in [2.75, 3.05) is 19.3 Å². The lowest BCUT2D eigenvalue weighted by atomic mass is 10.2. The summed E-state index contributed by atoms with van der Waals surface area (Å²) in [5.74, 6) is -0.388. The molecule has 0 bridgehead atoms. The molecule has 0 aliphatic carbocycles. The maximum Gasteiger partial charge on any atom is 0.262 e. The van der Waals surface area contributed by atoms with Gasteiger partial charge in [-0.1, -0.05) is 42.1 Å². The smallest absolute Gasteiger partial charge is 0.262 e. The number of hydrogen-bond acceptors (Lipinski definition) is 5. The third-order valence-electron chi connectivity index (χ3n) is 5.85. The van der Waals surface area contributed by atoms with Crippen LogP contribution in [0.2, 0.25) is 0 Å². The number of para-hydroxylation sites is 1. The van der Waals surface area contributed by atoms with Crippen LogP contribution in [0.5, 0.6) is 0 Å². The fourth-order valence-electron chi connectivity index (χ4n) is 3.99. The second-order valence-corrected chi connectivity index (χ2v) is 9.87. The molecule has 0 atom stereocenters. The molecule has 3 aromatic rings. The van der Waals surface area contributed by atoms with Crippen LogP contribution in [0.4, 0.5) is 4.39 Å². The van der Waals surface area contributed by atoms with Crippen LogP contribution in [0.3, 0.4) is 0 Å². The second kappa shape index (κ2) is 11.6. The van der Waals surface area contributed by atoms with Gasteiger partial charge >= 0.3 is 0 Å². The summed E-state index contributed by atoms with van der Waals surface area (Å²) in [4.78, 5) is 34.6. The van der Waals surface area contributed by atoms with Crippen molar-refractivity contribution in [2.24, 2.45) is 0 Å². The van der Waals surface area contributed by atoms with E-state index in [1.54, 1.807) is 35.9 Å². The van der Waals surface area contributed by atoms with E-state index < -0.39 is 0 Å². The first kappa shape index (κ1) is 25.9. The molecule has 2 aromatic carbocycles. The molecule has 0 saturated carbocycles. The lowest BCUT2D eigenvalue weighted by molar-refractivity contribution is -0.127. The topological polar surface area (TPSA) is 58.4 Å². The molecule has 0 N–H and O–H groups in total. The maximum atomic E-state index is 14.0. The van der Waals surface area contributed by atoms with Gasteiger partial charge in [0.25, 0.3) is 5.56 Å². The Morgan fingerprint density at radius 1 is 1.06 bits per heavy atom. The van der Waals surface area contributed by atoms with Gasteiger partial charge in [0.1, 0.15) is 5.82 Å². The standard InChI is InChI=1S/C26H33FN4O2S/c1-18(2)30(19(3)4)14-15-31-25(33)21-11-7-9-13-23(21)28-26(31)34-17-24(32)29(5)16-20-10-6-8-12-22(20)27/h6-13,18-19H,14-17H2,1-5H3. The van der Waals surface area contributed by atoms with E-state index in [0.717, 1.165) is 0 Å². The van der Waals surface area contributed by atoms with E-state index in [1.165, 1.54) is 22.7 Å². The first-order chi connectivity index (χ1) is 16.2. The van der Waals surface area contributed by atoms with Crippen molar-refractivity contribution in [3.8, 4) is 0 Å². The predicted octanol–water partition coefficient (Wildman–Crippen LogP) is 4.41. The number of nitrogens with zero attached hydrogens (tertiary/aromatic N) is 4. The highest BCUT2D eigenvalue weighted by molar-refractivity contribution is 7.99. The second-order valence-electron chi connectivity index (χ2n) is 8.92. The van der Waals surface area contributed by atoms with Gasteiger partial charge in [0, 0.05) is 44.3 Å². The van der Waals surface area contributed by atoms with Gasteiger partial charge in [0.15, 0.2) is 5.16 Å². The van der Waals surface area contributed by atoms with Crippen LogP contribution in [0.1, 0.15) is 33.3 Å². The van der Waals surface area contributed by atoms with Crippen LogP contribution in [0.15, 0.2) is 58.5 Å².